The Bertz CT molecular complexity index is 823. The van der Waals surface area contributed by atoms with E-state index in [0.29, 0.717) is 29.3 Å². The first-order valence-corrected chi connectivity index (χ1v) is 8.13. The number of carbonyl (C=O) groups is 2. The molecule has 1 aromatic heterocycles. The summed E-state index contributed by atoms with van der Waals surface area (Å²) in [4.78, 5) is 30.6. The monoisotopic (exact) mass is 356 g/mol. The number of hydrogen-bond acceptors (Lipinski definition) is 6. The van der Waals surface area contributed by atoms with Crippen molar-refractivity contribution in [3.05, 3.63) is 47.8 Å². The maximum atomic E-state index is 12.4. The molecule has 0 aliphatic carbocycles. The number of aromatic nitrogens is 1. The van der Waals surface area contributed by atoms with E-state index in [-0.39, 0.29) is 24.3 Å². The molecule has 1 aromatic carbocycles. The number of anilines is 1. The summed E-state index contributed by atoms with van der Waals surface area (Å²) in [5.41, 5.74) is 1.12. The van der Waals surface area contributed by atoms with Crippen LogP contribution in [-0.4, -0.2) is 55.7 Å². The Morgan fingerprint density at radius 1 is 1.12 bits per heavy atom. The lowest BCUT2D eigenvalue weighted by Gasteiger charge is -2.10. The van der Waals surface area contributed by atoms with Crippen LogP contribution >= 0.6 is 0 Å². The number of hydrogen-bond donors (Lipinski definition) is 2. The largest absolute Gasteiger partial charge is 0.454 e. The average molecular weight is 356 g/mol. The standard InChI is InChI=1S/C18H20N4O4/c1-22(2)8-7-20-18(24)14-9-12(5-6-19-14)17(23)21-13-3-4-15-16(10-13)26-11-25-15/h3-6,9-10H,7-8,11H2,1-2H3,(H,20,24)(H,21,23). The van der Waals surface area contributed by atoms with Crippen molar-refractivity contribution in [2.75, 3.05) is 39.3 Å². The van der Waals surface area contributed by atoms with E-state index in [1.54, 1.807) is 24.3 Å². The predicted molar refractivity (Wildman–Crippen MR) is 95.6 cm³/mol. The van der Waals surface area contributed by atoms with Crippen LogP contribution < -0.4 is 20.1 Å². The maximum absolute atomic E-state index is 12.4. The van der Waals surface area contributed by atoms with Gasteiger partial charge in [0.05, 0.1) is 0 Å². The van der Waals surface area contributed by atoms with Crippen LogP contribution in [0.5, 0.6) is 11.5 Å². The number of rotatable bonds is 6. The zero-order chi connectivity index (χ0) is 18.5. The van der Waals surface area contributed by atoms with E-state index in [1.807, 2.05) is 19.0 Å². The van der Waals surface area contributed by atoms with E-state index in [9.17, 15) is 9.59 Å². The molecular formula is C18H20N4O4. The Kier molecular flexibility index (Phi) is 5.33. The highest BCUT2D eigenvalue weighted by molar-refractivity contribution is 6.05. The normalized spacial score (nSPS) is 12.1. The fourth-order valence-corrected chi connectivity index (χ4v) is 2.36. The molecule has 2 amide bonds. The second kappa shape index (κ2) is 7.83. The zero-order valence-electron chi connectivity index (χ0n) is 14.6. The summed E-state index contributed by atoms with van der Waals surface area (Å²) in [5.74, 6) is 0.570. The Morgan fingerprint density at radius 3 is 2.73 bits per heavy atom. The van der Waals surface area contributed by atoms with Gasteiger partial charge in [-0.1, -0.05) is 0 Å². The maximum Gasteiger partial charge on any atom is 0.269 e. The van der Waals surface area contributed by atoms with Crippen molar-refractivity contribution >= 4 is 17.5 Å². The SMILES string of the molecule is CN(C)CCNC(=O)c1cc(C(=O)Nc2ccc3c(c2)OCO3)ccn1. The van der Waals surface area contributed by atoms with Crippen molar-refractivity contribution in [3.63, 3.8) is 0 Å². The van der Waals surface area contributed by atoms with Crippen molar-refractivity contribution in [3.8, 4) is 11.5 Å². The van der Waals surface area contributed by atoms with E-state index in [1.165, 1.54) is 12.3 Å². The van der Waals surface area contributed by atoms with Gasteiger partial charge in [0.25, 0.3) is 11.8 Å². The fourth-order valence-electron chi connectivity index (χ4n) is 2.36. The molecule has 136 valence electrons. The number of nitrogens with one attached hydrogen (secondary N) is 2. The number of nitrogens with zero attached hydrogens (tertiary/aromatic N) is 2. The van der Waals surface area contributed by atoms with E-state index >= 15 is 0 Å². The van der Waals surface area contributed by atoms with E-state index in [0.717, 1.165) is 6.54 Å². The Labute approximate surface area is 151 Å². The second-order valence-electron chi connectivity index (χ2n) is 6.01. The van der Waals surface area contributed by atoms with Gasteiger partial charge in [-0.3, -0.25) is 14.6 Å². The first-order chi connectivity index (χ1) is 12.5. The topological polar surface area (TPSA) is 92.8 Å². The number of amides is 2. The summed E-state index contributed by atoms with van der Waals surface area (Å²) in [5, 5.41) is 5.54. The molecule has 8 nitrogen and oxygen atoms in total. The lowest BCUT2D eigenvalue weighted by atomic mass is 10.2. The molecule has 26 heavy (non-hydrogen) atoms. The minimum atomic E-state index is -0.339. The lowest BCUT2D eigenvalue weighted by molar-refractivity contribution is 0.0946. The molecule has 2 aromatic rings. The van der Waals surface area contributed by atoms with Gasteiger partial charge in [0.1, 0.15) is 5.69 Å². The number of pyridine rings is 1. The molecule has 0 saturated carbocycles. The summed E-state index contributed by atoms with van der Waals surface area (Å²) in [7, 11) is 3.84. The van der Waals surface area contributed by atoms with Crippen LogP contribution in [0.4, 0.5) is 5.69 Å². The smallest absolute Gasteiger partial charge is 0.269 e. The number of likely N-dealkylation sites (N-methyl/N-ethyl adjacent to an activating group) is 1. The zero-order valence-corrected chi connectivity index (χ0v) is 14.6. The lowest BCUT2D eigenvalue weighted by Crippen LogP contribution is -2.32. The van der Waals surface area contributed by atoms with Crippen molar-refractivity contribution in [1.82, 2.24) is 15.2 Å². The van der Waals surface area contributed by atoms with Crippen LogP contribution in [0.2, 0.25) is 0 Å². The van der Waals surface area contributed by atoms with Gasteiger partial charge >= 0.3 is 0 Å². The third-order valence-corrected chi connectivity index (χ3v) is 3.73. The van der Waals surface area contributed by atoms with Crippen molar-refractivity contribution < 1.29 is 19.1 Å². The van der Waals surface area contributed by atoms with Gasteiger partial charge in [-0.2, -0.15) is 0 Å². The summed E-state index contributed by atoms with van der Waals surface area (Å²) >= 11 is 0. The van der Waals surface area contributed by atoms with Gasteiger partial charge in [0, 0.05) is 36.6 Å². The Hall–Kier alpha value is -3.13. The van der Waals surface area contributed by atoms with Crippen LogP contribution in [0.3, 0.4) is 0 Å². The van der Waals surface area contributed by atoms with Gasteiger partial charge in [-0.05, 0) is 38.4 Å². The van der Waals surface area contributed by atoms with Crippen molar-refractivity contribution in [2.24, 2.45) is 0 Å². The molecule has 0 unspecified atom stereocenters. The average Bonchev–Trinajstić information content (AvgIpc) is 3.09. The van der Waals surface area contributed by atoms with Crippen LogP contribution in [0, 0.1) is 0 Å². The quantitative estimate of drug-likeness (QED) is 0.812. The van der Waals surface area contributed by atoms with Crippen LogP contribution in [0.25, 0.3) is 0 Å². The van der Waals surface area contributed by atoms with Gasteiger partial charge < -0.3 is 25.0 Å². The molecule has 3 rings (SSSR count). The first-order valence-electron chi connectivity index (χ1n) is 8.13. The Balaban J connectivity index is 1.65. The second-order valence-corrected chi connectivity index (χ2v) is 6.01. The number of ether oxygens (including phenoxy) is 2. The highest BCUT2D eigenvalue weighted by atomic mass is 16.7. The summed E-state index contributed by atoms with van der Waals surface area (Å²) in [6.45, 7) is 1.39. The van der Waals surface area contributed by atoms with Crippen molar-refractivity contribution in [1.29, 1.82) is 0 Å². The molecule has 0 spiro atoms. The summed E-state index contributed by atoms with van der Waals surface area (Å²) in [6.07, 6.45) is 1.44. The molecule has 0 fully saturated rings. The molecular weight excluding hydrogens is 336 g/mol. The number of carbonyl (C=O) groups excluding carboxylic acids is 2. The minimum Gasteiger partial charge on any atom is -0.454 e. The molecule has 0 radical (unpaired) electrons. The van der Waals surface area contributed by atoms with Crippen LogP contribution in [0.1, 0.15) is 20.8 Å². The molecule has 2 heterocycles. The highest BCUT2D eigenvalue weighted by Crippen LogP contribution is 2.34. The third kappa shape index (κ3) is 4.28. The molecule has 0 bridgehead atoms. The van der Waals surface area contributed by atoms with Crippen LogP contribution in [0.15, 0.2) is 36.5 Å². The van der Waals surface area contributed by atoms with Crippen LogP contribution in [-0.2, 0) is 0 Å². The molecule has 0 saturated heterocycles. The number of benzene rings is 1. The molecule has 1 aliphatic heterocycles. The molecule has 2 N–H and O–H groups in total. The third-order valence-electron chi connectivity index (χ3n) is 3.73. The molecule has 1 aliphatic rings. The molecule has 8 heteroatoms. The highest BCUT2D eigenvalue weighted by Gasteiger charge is 2.16. The van der Waals surface area contributed by atoms with Gasteiger partial charge in [-0.25, -0.2) is 0 Å². The first kappa shape index (κ1) is 17.7. The Morgan fingerprint density at radius 2 is 1.92 bits per heavy atom. The van der Waals surface area contributed by atoms with Gasteiger partial charge in [0.15, 0.2) is 11.5 Å². The van der Waals surface area contributed by atoms with E-state index in [4.69, 9.17) is 9.47 Å². The van der Waals surface area contributed by atoms with E-state index < -0.39 is 0 Å². The predicted octanol–water partition coefficient (Wildman–Crippen LogP) is 1.35. The minimum absolute atomic E-state index is 0.170. The number of fused-ring (bicyclic) bond motifs is 1. The fraction of sp³-hybridized carbons (Fsp3) is 0.278. The van der Waals surface area contributed by atoms with E-state index in [2.05, 4.69) is 15.6 Å². The van der Waals surface area contributed by atoms with Gasteiger partial charge in [0.2, 0.25) is 6.79 Å². The van der Waals surface area contributed by atoms with Crippen molar-refractivity contribution in [2.45, 2.75) is 0 Å². The summed E-state index contributed by atoms with van der Waals surface area (Å²) in [6, 6.07) is 8.16. The van der Waals surface area contributed by atoms with Gasteiger partial charge in [-0.15, -0.1) is 0 Å². The molecule has 0 atom stereocenters. The summed E-state index contributed by atoms with van der Waals surface area (Å²) < 4.78 is 10.5.